The molecule has 3 N–H and O–H groups in total. The molecule has 0 spiro atoms. The Morgan fingerprint density at radius 3 is 2.53 bits per heavy atom. The Labute approximate surface area is 120 Å². The first-order chi connectivity index (χ1) is 8.58. The molecular weight excluding hydrogens is 264 g/mol. The Bertz CT molecular complexity index is 409. The van der Waals surface area contributed by atoms with Crippen LogP contribution in [0.5, 0.6) is 0 Å². The third-order valence-corrected chi connectivity index (χ3v) is 3.63. The van der Waals surface area contributed by atoms with Crippen molar-refractivity contribution in [1.82, 2.24) is 5.32 Å². The first-order valence-corrected chi connectivity index (χ1v) is 6.66. The van der Waals surface area contributed by atoms with Gasteiger partial charge in [-0.25, -0.2) is 0 Å². The number of carbonyl (C=O) groups is 1. The van der Waals surface area contributed by atoms with Gasteiger partial charge in [0, 0.05) is 6.04 Å². The summed E-state index contributed by atoms with van der Waals surface area (Å²) in [5, 5.41) is 3.09. The van der Waals surface area contributed by atoms with Gasteiger partial charge >= 0.3 is 0 Å². The van der Waals surface area contributed by atoms with E-state index < -0.39 is 0 Å². The quantitative estimate of drug-likeness (QED) is 0.898. The van der Waals surface area contributed by atoms with E-state index in [2.05, 4.69) is 19.2 Å². The Morgan fingerprint density at radius 2 is 2.00 bits per heavy atom. The molecule has 1 aliphatic carbocycles. The molecule has 1 saturated carbocycles. The van der Waals surface area contributed by atoms with Crippen molar-refractivity contribution in [3.8, 4) is 0 Å². The van der Waals surface area contributed by atoms with Crippen molar-refractivity contribution >= 4 is 18.3 Å². The highest BCUT2D eigenvalue weighted by Gasteiger charge is 2.25. The zero-order valence-electron chi connectivity index (χ0n) is 11.5. The van der Waals surface area contributed by atoms with Crippen molar-refractivity contribution in [2.24, 2.45) is 17.6 Å². The van der Waals surface area contributed by atoms with E-state index in [-0.39, 0.29) is 24.4 Å². The van der Waals surface area contributed by atoms with E-state index in [4.69, 9.17) is 10.2 Å². The minimum atomic E-state index is -0.0512. The van der Waals surface area contributed by atoms with E-state index >= 15 is 0 Å². The molecule has 0 aliphatic heterocycles. The average Bonchev–Trinajstić information content (AvgIpc) is 2.75. The van der Waals surface area contributed by atoms with Gasteiger partial charge in [-0.15, -0.1) is 12.4 Å². The van der Waals surface area contributed by atoms with Gasteiger partial charge in [-0.05, 0) is 37.2 Å². The van der Waals surface area contributed by atoms with Crippen LogP contribution in [-0.4, -0.2) is 11.9 Å². The maximum Gasteiger partial charge on any atom is 0.254 e. The van der Waals surface area contributed by atoms with Gasteiger partial charge < -0.3 is 15.5 Å². The summed E-state index contributed by atoms with van der Waals surface area (Å²) in [4.78, 5) is 12.0. The minimum Gasteiger partial charge on any atom is -0.467 e. The second-order valence-electron chi connectivity index (χ2n) is 5.59. The summed E-state index contributed by atoms with van der Waals surface area (Å²) in [6.45, 7) is 4.82. The summed E-state index contributed by atoms with van der Waals surface area (Å²) in [6, 6.07) is 2.00. The number of amides is 1. The van der Waals surface area contributed by atoms with Gasteiger partial charge in [-0.1, -0.05) is 13.8 Å². The number of furan rings is 1. The molecule has 1 amide bonds. The Kier molecular flexibility index (Phi) is 5.88. The molecule has 0 saturated heterocycles. The van der Waals surface area contributed by atoms with E-state index in [9.17, 15) is 4.79 Å². The molecule has 1 heterocycles. The number of hydrogen-bond donors (Lipinski definition) is 2. The molecular formula is C14H23ClN2O2. The Balaban J connectivity index is 0.00000180. The van der Waals surface area contributed by atoms with Crippen molar-refractivity contribution in [3.05, 3.63) is 23.7 Å². The van der Waals surface area contributed by atoms with Crippen LogP contribution in [0, 0.1) is 11.8 Å². The molecule has 2 unspecified atom stereocenters. The second-order valence-corrected chi connectivity index (χ2v) is 5.59. The van der Waals surface area contributed by atoms with Crippen molar-refractivity contribution in [1.29, 1.82) is 0 Å². The number of rotatable bonds is 3. The highest BCUT2D eigenvalue weighted by molar-refractivity contribution is 5.94. The van der Waals surface area contributed by atoms with Crippen LogP contribution in [0.2, 0.25) is 0 Å². The topological polar surface area (TPSA) is 68.3 Å². The summed E-state index contributed by atoms with van der Waals surface area (Å²) >= 11 is 0. The predicted molar refractivity (Wildman–Crippen MR) is 77.3 cm³/mol. The second kappa shape index (κ2) is 6.96. The van der Waals surface area contributed by atoms with E-state index in [1.165, 1.54) is 12.7 Å². The van der Waals surface area contributed by atoms with Crippen LogP contribution in [0.3, 0.4) is 0 Å². The smallest absolute Gasteiger partial charge is 0.254 e. The van der Waals surface area contributed by atoms with E-state index in [0.717, 1.165) is 12.8 Å². The zero-order valence-corrected chi connectivity index (χ0v) is 12.3. The van der Waals surface area contributed by atoms with E-state index in [1.54, 1.807) is 6.07 Å². The lowest BCUT2D eigenvalue weighted by Crippen LogP contribution is -2.39. The number of nitrogens with one attached hydrogen (secondary N) is 1. The Hall–Kier alpha value is -1.00. The molecule has 2 atom stereocenters. The van der Waals surface area contributed by atoms with Crippen LogP contribution < -0.4 is 11.1 Å². The maximum atomic E-state index is 12.0. The normalized spacial score (nSPS) is 26.6. The summed E-state index contributed by atoms with van der Waals surface area (Å²) in [5.74, 6) is 1.96. The van der Waals surface area contributed by atoms with Crippen molar-refractivity contribution in [2.75, 3.05) is 0 Å². The van der Waals surface area contributed by atoms with Gasteiger partial charge in [0.2, 0.25) is 0 Å². The third-order valence-electron chi connectivity index (χ3n) is 3.63. The van der Waals surface area contributed by atoms with Crippen molar-refractivity contribution in [3.63, 3.8) is 0 Å². The number of halogens is 1. The first-order valence-electron chi connectivity index (χ1n) is 6.66. The summed E-state index contributed by atoms with van der Waals surface area (Å²) in [7, 11) is 0. The molecule has 5 heteroatoms. The van der Waals surface area contributed by atoms with Crippen LogP contribution in [0.1, 0.15) is 49.2 Å². The average molecular weight is 287 g/mol. The molecule has 2 rings (SSSR count). The largest absolute Gasteiger partial charge is 0.467 e. The number of carbonyl (C=O) groups excluding carboxylic acids is 1. The summed E-state index contributed by atoms with van der Waals surface area (Å²) in [6.07, 6.45) is 4.87. The van der Waals surface area contributed by atoms with Gasteiger partial charge in [0.05, 0.1) is 12.1 Å². The van der Waals surface area contributed by atoms with Crippen molar-refractivity contribution in [2.45, 2.75) is 45.7 Å². The monoisotopic (exact) mass is 286 g/mol. The SMILES string of the molecule is CC1CC(C)CC(NC(=O)c2coc(CN)c2)C1.Cl. The molecule has 0 aromatic carbocycles. The van der Waals surface area contributed by atoms with Crippen molar-refractivity contribution < 1.29 is 9.21 Å². The summed E-state index contributed by atoms with van der Waals surface area (Å²) in [5.41, 5.74) is 6.03. The van der Waals surface area contributed by atoms with Crippen LogP contribution in [-0.2, 0) is 6.54 Å². The lowest BCUT2D eigenvalue weighted by atomic mass is 9.80. The van der Waals surface area contributed by atoms with Gasteiger partial charge in [0.25, 0.3) is 5.91 Å². The molecule has 108 valence electrons. The fraction of sp³-hybridized carbons (Fsp3) is 0.643. The van der Waals surface area contributed by atoms with Crippen LogP contribution in [0.15, 0.2) is 16.7 Å². The minimum absolute atomic E-state index is 0. The summed E-state index contributed by atoms with van der Waals surface area (Å²) < 4.78 is 5.18. The van der Waals surface area contributed by atoms with Gasteiger partial charge in [0.1, 0.15) is 12.0 Å². The molecule has 0 radical (unpaired) electrons. The zero-order chi connectivity index (χ0) is 13.1. The lowest BCUT2D eigenvalue weighted by Gasteiger charge is -2.31. The lowest BCUT2D eigenvalue weighted by molar-refractivity contribution is 0.0910. The van der Waals surface area contributed by atoms with Crippen LogP contribution >= 0.6 is 12.4 Å². The fourth-order valence-electron chi connectivity index (χ4n) is 2.94. The van der Waals surface area contributed by atoms with Gasteiger partial charge in [-0.3, -0.25) is 4.79 Å². The molecule has 1 fully saturated rings. The fourth-order valence-corrected chi connectivity index (χ4v) is 2.94. The van der Waals surface area contributed by atoms with Gasteiger partial charge in [-0.2, -0.15) is 0 Å². The van der Waals surface area contributed by atoms with Crippen LogP contribution in [0.25, 0.3) is 0 Å². The highest BCUT2D eigenvalue weighted by Crippen LogP contribution is 2.28. The first kappa shape index (κ1) is 16.1. The molecule has 0 bridgehead atoms. The van der Waals surface area contributed by atoms with E-state index in [0.29, 0.717) is 29.7 Å². The molecule has 4 nitrogen and oxygen atoms in total. The molecule has 1 aromatic heterocycles. The molecule has 19 heavy (non-hydrogen) atoms. The number of nitrogens with two attached hydrogens (primary N) is 1. The van der Waals surface area contributed by atoms with Gasteiger partial charge in [0.15, 0.2) is 0 Å². The third kappa shape index (κ3) is 4.25. The maximum absolute atomic E-state index is 12.0. The van der Waals surface area contributed by atoms with Crippen LogP contribution in [0.4, 0.5) is 0 Å². The Morgan fingerprint density at radius 1 is 1.37 bits per heavy atom. The standard InChI is InChI=1S/C14H22N2O2.ClH/c1-9-3-10(2)5-12(4-9)16-14(17)11-6-13(7-15)18-8-11;/h6,8-10,12H,3-5,7,15H2,1-2H3,(H,16,17);1H. The number of hydrogen-bond acceptors (Lipinski definition) is 3. The van der Waals surface area contributed by atoms with E-state index in [1.807, 2.05) is 0 Å². The highest BCUT2D eigenvalue weighted by atomic mass is 35.5. The predicted octanol–water partition coefficient (Wildman–Crippen LogP) is 2.71. The molecule has 1 aliphatic rings. The molecule has 1 aromatic rings.